The fourth-order valence-electron chi connectivity index (χ4n) is 0.546. The number of hydrogen-bond acceptors (Lipinski definition) is 1. The van der Waals surface area contributed by atoms with Crippen molar-refractivity contribution in [3.05, 3.63) is 0 Å². The Balaban J connectivity index is 3.94. The van der Waals surface area contributed by atoms with Crippen molar-refractivity contribution in [3.8, 4) is 0 Å². The average molecular weight is 156 g/mol. The van der Waals surface area contributed by atoms with Gasteiger partial charge in [0.2, 0.25) is 0 Å². The summed E-state index contributed by atoms with van der Waals surface area (Å²) in [4.78, 5) is 0. The average Bonchev–Trinajstić information content (AvgIpc) is 1.83. The fraction of sp³-hybridized carbons (Fsp3) is 1.00. The zero-order valence-corrected chi connectivity index (χ0v) is 5.94. The molecule has 0 radical (unpaired) electrons. The molecule has 0 saturated carbocycles. The van der Waals surface area contributed by atoms with Crippen LogP contribution < -0.4 is 0 Å². The van der Waals surface area contributed by atoms with Gasteiger partial charge in [0, 0.05) is 0 Å². The van der Waals surface area contributed by atoms with Crippen LogP contribution in [0.15, 0.2) is 0 Å². The predicted octanol–water partition coefficient (Wildman–Crippen LogP) is 1.96. The Hall–Kier alpha value is -0.250. The molecule has 1 nitrogen and oxygen atoms in total. The van der Waals surface area contributed by atoms with Gasteiger partial charge in [-0.1, -0.05) is 20.3 Å². The molecule has 4 heteroatoms. The van der Waals surface area contributed by atoms with E-state index >= 15 is 0 Å². The molecule has 0 aliphatic carbocycles. The van der Waals surface area contributed by atoms with Gasteiger partial charge in [0.1, 0.15) is 0 Å². The molecule has 10 heavy (non-hydrogen) atoms. The third-order valence-corrected chi connectivity index (χ3v) is 1.52. The van der Waals surface area contributed by atoms with Gasteiger partial charge in [-0.05, 0) is 5.92 Å². The second-order valence-electron chi connectivity index (χ2n) is 2.37. The summed E-state index contributed by atoms with van der Waals surface area (Å²) in [6.45, 7) is 2.98. The van der Waals surface area contributed by atoms with Gasteiger partial charge >= 0.3 is 6.18 Å². The number of aliphatic hydroxyl groups is 1. The van der Waals surface area contributed by atoms with Crippen molar-refractivity contribution < 1.29 is 18.3 Å². The van der Waals surface area contributed by atoms with E-state index < -0.39 is 18.2 Å². The van der Waals surface area contributed by atoms with Gasteiger partial charge in [-0.15, -0.1) is 0 Å². The monoisotopic (exact) mass is 156 g/mol. The molecule has 0 bridgehead atoms. The lowest BCUT2D eigenvalue weighted by Gasteiger charge is -2.19. The smallest absolute Gasteiger partial charge is 0.383 e. The van der Waals surface area contributed by atoms with Crippen LogP contribution in [0, 0.1) is 5.92 Å². The molecule has 0 amide bonds. The number of halogens is 3. The third-order valence-electron chi connectivity index (χ3n) is 1.52. The first-order chi connectivity index (χ1) is 4.39. The standard InChI is InChI=1S/C6H11F3O/c1-3-4(2)5(10)6(7,8)9/h4-5,10H,3H2,1-2H3/t4-,5?/m0/s1. The molecule has 1 N–H and O–H groups in total. The van der Waals surface area contributed by atoms with Crippen LogP contribution in [0.1, 0.15) is 20.3 Å². The van der Waals surface area contributed by atoms with Crippen molar-refractivity contribution in [3.63, 3.8) is 0 Å². The maximum absolute atomic E-state index is 11.6. The molecule has 0 aromatic heterocycles. The third kappa shape index (κ3) is 2.56. The summed E-state index contributed by atoms with van der Waals surface area (Å²) in [7, 11) is 0. The summed E-state index contributed by atoms with van der Waals surface area (Å²) in [6.07, 6.45) is -6.30. The van der Waals surface area contributed by atoms with E-state index in [0.29, 0.717) is 6.42 Å². The zero-order valence-electron chi connectivity index (χ0n) is 5.94. The summed E-state index contributed by atoms with van der Waals surface area (Å²) in [5.41, 5.74) is 0. The van der Waals surface area contributed by atoms with E-state index in [-0.39, 0.29) is 0 Å². The highest BCUT2D eigenvalue weighted by atomic mass is 19.4. The summed E-state index contributed by atoms with van der Waals surface area (Å²) >= 11 is 0. The van der Waals surface area contributed by atoms with E-state index in [4.69, 9.17) is 5.11 Å². The largest absolute Gasteiger partial charge is 0.414 e. The predicted molar refractivity (Wildman–Crippen MR) is 31.5 cm³/mol. The number of alkyl halides is 3. The Morgan fingerprint density at radius 1 is 1.40 bits per heavy atom. The van der Waals surface area contributed by atoms with Gasteiger partial charge in [-0.25, -0.2) is 0 Å². The first-order valence-corrected chi connectivity index (χ1v) is 3.14. The van der Waals surface area contributed by atoms with Gasteiger partial charge in [0.05, 0.1) is 0 Å². The van der Waals surface area contributed by atoms with Gasteiger partial charge in [0.15, 0.2) is 6.10 Å². The van der Waals surface area contributed by atoms with Gasteiger partial charge in [-0.3, -0.25) is 0 Å². The van der Waals surface area contributed by atoms with Crippen LogP contribution >= 0.6 is 0 Å². The Bertz CT molecular complexity index is 99.7. The summed E-state index contributed by atoms with van der Waals surface area (Å²) in [5, 5.41) is 8.53. The highest BCUT2D eigenvalue weighted by Gasteiger charge is 2.40. The molecule has 0 aliphatic heterocycles. The SMILES string of the molecule is CC[C@H](C)C(O)C(F)(F)F. The van der Waals surface area contributed by atoms with Gasteiger partial charge in [-0.2, -0.15) is 13.2 Å². The molecule has 0 aromatic carbocycles. The van der Waals surface area contributed by atoms with Crippen molar-refractivity contribution >= 4 is 0 Å². The molecule has 0 aromatic rings. The lowest BCUT2D eigenvalue weighted by atomic mass is 10.0. The van der Waals surface area contributed by atoms with Crippen LogP contribution in [0.25, 0.3) is 0 Å². The Labute approximate surface area is 57.9 Å². The number of aliphatic hydroxyl groups excluding tert-OH is 1. The molecular formula is C6H11F3O. The van der Waals surface area contributed by atoms with E-state index in [0.717, 1.165) is 0 Å². The molecule has 62 valence electrons. The molecule has 2 atom stereocenters. The van der Waals surface area contributed by atoms with Crippen molar-refractivity contribution in [2.75, 3.05) is 0 Å². The maximum atomic E-state index is 11.6. The Morgan fingerprint density at radius 3 is 1.90 bits per heavy atom. The second kappa shape index (κ2) is 3.23. The Morgan fingerprint density at radius 2 is 1.80 bits per heavy atom. The van der Waals surface area contributed by atoms with E-state index in [1.54, 1.807) is 6.92 Å². The minimum absolute atomic E-state index is 0.334. The molecule has 0 rings (SSSR count). The lowest BCUT2D eigenvalue weighted by Crippen LogP contribution is -2.34. The second-order valence-corrected chi connectivity index (χ2v) is 2.37. The normalized spacial score (nSPS) is 18.6. The van der Waals surface area contributed by atoms with Crippen LogP contribution in [0.5, 0.6) is 0 Å². The Kier molecular flexibility index (Phi) is 3.15. The maximum Gasteiger partial charge on any atom is 0.414 e. The summed E-state index contributed by atoms with van der Waals surface area (Å²) in [5.74, 6) is -0.708. The highest BCUT2D eigenvalue weighted by molar-refractivity contribution is 4.70. The van der Waals surface area contributed by atoms with Gasteiger partial charge < -0.3 is 5.11 Å². The number of rotatable bonds is 2. The van der Waals surface area contributed by atoms with Crippen LogP contribution in [-0.4, -0.2) is 17.4 Å². The fourth-order valence-corrected chi connectivity index (χ4v) is 0.546. The van der Waals surface area contributed by atoms with E-state index in [9.17, 15) is 13.2 Å². The van der Waals surface area contributed by atoms with E-state index in [1.165, 1.54) is 6.92 Å². The lowest BCUT2D eigenvalue weighted by molar-refractivity contribution is -0.217. The van der Waals surface area contributed by atoms with Gasteiger partial charge in [0.25, 0.3) is 0 Å². The molecule has 0 spiro atoms. The van der Waals surface area contributed by atoms with Crippen molar-refractivity contribution in [2.45, 2.75) is 32.5 Å². The van der Waals surface area contributed by atoms with Crippen LogP contribution in [0.4, 0.5) is 13.2 Å². The summed E-state index contributed by atoms with van der Waals surface area (Å²) in [6, 6.07) is 0. The van der Waals surface area contributed by atoms with E-state index in [1.807, 2.05) is 0 Å². The van der Waals surface area contributed by atoms with Crippen molar-refractivity contribution in [2.24, 2.45) is 5.92 Å². The van der Waals surface area contributed by atoms with E-state index in [2.05, 4.69) is 0 Å². The molecule has 0 fully saturated rings. The van der Waals surface area contributed by atoms with Crippen LogP contribution in [-0.2, 0) is 0 Å². The zero-order chi connectivity index (χ0) is 8.36. The molecule has 0 aliphatic rings. The molecular weight excluding hydrogens is 145 g/mol. The van der Waals surface area contributed by atoms with Crippen molar-refractivity contribution in [1.29, 1.82) is 0 Å². The first kappa shape index (κ1) is 9.75. The first-order valence-electron chi connectivity index (χ1n) is 3.14. The van der Waals surface area contributed by atoms with Crippen LogP contribution in [0.3, 0.4) is 0 Å². The molecule has 0 saturated heterocycles. The molecule has 0 heterocycles. The van der Waals surface area contributed by atoms with Crippen LogP contribution in [0.2, 0.25) is 0 Å². The minimum Gasteiger partial charge on any atom is -0.383 e. The van der Waals surface area contributed by atoms with Crippen molar-refractivity contribution in [1.82, 2.24) is 0 Å². The molecule has 1 unspecified atom stereocenters. The highest BCUT2D eigenvalue weighted by Crippen LogP contribution is 2.26. The quantitative estimate of drug-likeness (QED) is 0.647. The number of hydrogen-bond donors (Lipinski definition) is 1. The minimum atomic E-state index is -4.46. The topological polar surface area (TPSA) is 20.2 Å². The summed E-state index contributed by atoms with van der Waals surface area (Å²) < 4.78 is 34.9.